The highest BCUT2D eigenvalue weighted by Gasteiger charge is 2.20. The number of carbonyl (C=O) groups is 1. The normalized spacial score (nSPS) is 12.1. The van der Waals surface area contributed by atoms with Gasteiger partial charge in [-0.3, -0.25) is 4.79 Å². The fourth-order valence-electron chi connectivity index (χ4n) is 2.13. The van der Waals surface area contributed by atoms with Crippen molar-refractivity contribution in [3.63, 3.8) is 0 Å². The summed E-state index contributed by atoms with van der Waals surface area (Å²) in [6.07, 6.45) is 0. The van der Waals surface area contributed by atoms with Gasteiger partial charge in [0.15, 0.2) is 5.82 Å². The van der Waals surface area contributed by atoms with Crippen molar-refractivity contribution in [2.75, 3.05) is 5.84 Å². The van der Waals surface area contributed by atoms with Crippen LogP contribution in [-0.2, 0) is 11.3 Å². The second-order valence-corrected chi connectivity index (χ2v) is 7.96. The second kappa shape index (κ2) is 7.90. The molecule has 0 aliphatic heterocycles. The van der Waals surface area contributed by atoms with E-state index in [9.17, 15) is 4.79 Å². The molecule has 0 radical (unpaired) electrons. The van der Waals surface area contributed by atoms with Crippen molar-refractivity contribution >= 4 is 40.6 Å². The molecule has 0 spiro atoms. The van der Waals surface area contributed by atoms with E-state index in [1.807, 2.05) is 35.7 Å². The maximum absolute atomic E-state index is 12.2. The van der Waals surface area contributed by atoms with Gasteiger partial charge < -0.3 is 11.2 Å². The van der Waals surface area contributed by atoms with Crippen LogP contribution in [0.25, 0.3) is 11.4 Å². The number of thiophene rings is 1. The van der Waals surface area contributed by atoms with Crippen LogP contribution in [0.3, 0.4) is 0 Å². The van der Waals surface area contributed by atoms with Crippen molar-refractivity contribution in [2.45, 2.75) is 23.9 Å². The molecule has 0 saturated heterocycles. The first kappa shape index (κ1) is 17.8. The van der Waals surface area contributed by atoms with Crippen molar-refractivity contribution in [1.29, 1.82) is 0 Å². The zero-order valence-corrected chi connectivity index (χ0v) is 15.7. The number of nitrogen functional groups attached to an aromatic ring is 1. The predicted octanol–water partition coefficient (Wildman–Crippen LogP) is 3.17. The van der Waals surface area contributed by atoms with Gasteiger partial charge in [-0.15, -0.1) is 21.5 Å². The van der Waals surface area contributed by atoms with Gasteiger partial charge in [0, 0.05) is 10.4 Å². The average molecular weight is 394 g/mol. The molecule has 3 rings (SSSR count). The molecular weight excluding hydrogens is 378 g/mol. The first-order valence-electron chi connectivity index (χ1n) is 7.48. The van der Waals surface area contributed by atoms with Crippen LogP contribution in [-0.4, -0.2) is 26.0 Å². The van der Waals surface area contributed by atoms with Crippen molar-refractivity contribution in [3.05, 3.63) is 51.7 Å². The Balaban J connectivity index is 1.67. The van der Waals surface area contributed by atoms with Crippen LogP contribution in [0, 0.1) is 0 Å². The third kappa shape index (κ3) is 4.15. The van der Waals surface area contributed by atoms with Crippen LogP contribution in [0.5, 0.6) is 0 Å². The smallest absolute Gasteiger partial charge is 0.233 e. The summed E-state index contributed by atoms with van der Waals surface area (Å²) in [4.78, 5) is 13.3. The molecule has 3 N–H and O–H groups in total. The van der Waals surface area contributed by atoms with Gasteiger partial charge >= 0.3 is 0 Å². The summed E-state index contributed by atoms with van der Waals surface area (Å²) in [7, 11) is 0. The number of thioether (sulfide) groups is 1. The number of aromatic nitrogens is 3. The second-order valence-electron chi connectivity index (χ2n) is 5.21. The molecule has 1 atom stereocenters. The number of hydrogen-bond donors (Lipinski definition) is 2. The van der Waals surface area contributed by atoms with E-state index in [1.54, 1.807) is 24.3 Å². The number of benzene rings is 1. The fourth-order valence-corrected chi connectivity index (χ4v) is 3.79. The molecule has 9 heteroatoms. The fraction of sp³-hybridized carbons (Fsp3) is 0.188. The molecule has 6 nitrogen and oxygen atoms in total. The Bertz CT molecular complexity index is 865. The highest BCUT2D eigenvalue weighted by Crippen LogP contribution is 2.28. The Morgan fingerprint density at radius 2 is 2.16 bits per heavy atom. The first-order chi connectivity index (χ1) is 12.1. The van der Waals surface area contributed by atoms with Gasteiger partial charge in [0.1, 0.15) is 0 Å². The molecular formula is C16H16ClN5OS2. The lowest BCUT2D eigenvalue weighted by atomic mass is 10.2. The van der Waals surface area contributed by atoms with Crippen molar-refractivity contribution in [3.8, 4) is 11.4 Å². The lowest BCUT2D eigenvalue weighted by molar-refractivity contribution is -0.120. The van der Waals surface area contributed by atoms with E-state index in [-0.39, 0.29) is 11.2 Å². The Morgan fingerprint density at radius 3 is 2.88 bits per heavy atom. The van der Waals surface area contributed by atoms with E-state index >= 15 is 0 Å². The quantitative estimate of drug-likeness (QED) is 0.496. The molecule has 0 saturated carbocycles. The molecule has 3 aromatic rings. The van der Waals surface area contributed by atoms with Gasteiger partial charge in [-0.05, 0) is 30.5 Å². The molecule has 2 heterocycles. The molecule has 1 aromatic carbocycles. The third-order valence-corrected chi connectivity index (χ3v) is 5.71. The molecule has 25 heavy (non-hydrogen) atoms. The summed E-state index contributed by atoms with van der Waals surface area (Å²) in [6, 6.07) is 11.2. The minimum absolute atomic E-state index is 0.0827. The van der Waals surface area contributed by atoms with Crippen molar-refractivity contribution in [1.82, 2.24) is 20.2 Å². The van der Waals surface area contributed by atoms with E-state index in [0.29, 0.717) is 28.1 Å². The monoisotopic (exact) mass is 393 g/mol. The first-order valence-corrected chi connectivity index (χ1v) is 9.62. The summed E-state index contributed by atoms with van der Waals surface area (Å²) in [6.45, 7) is 2.32. The molecule has 130 valence electrons. The van der Waals surface area contributed by atoms with Crippen molar-refractivity contribution in [2.24, 2.45) is 0 Å². The Kier molecular flexibility index (Phi) is 5.62. The maximum Gasteiger partial charge on any atom is 0.233 e. The number of nitrogens with one attached hydrogen (secondary N) is 1. The summed E-state index contributed by atoms with van der Waals surface area (Å²) in [5, 5.41) is 13.7. The van der Waals surface area contributed by atoms with Crippen LogP contribution in [0.1, 0.15) is 11.8 Å². The zero-order valence-electron chi connectivity index (χ0n) is 13.3. The predicted molar refractivity (Wildman–Crippen MR) is 102 cm³/mol. The van der Waals surface area contributed by atoms with E-state index in [2.05, 4.69) is 15.5 Å². The van der Waals surface area contributed by atoms with E-state index in [4.69, 9.17) is 17.4 Å². The van der Waals surface area contributed by atoms with Crippen molar-refractivity contribution < 1.29 is 4.79 Å². The van der Waals surface area contributed by atoms with E-state index in [1.165, 1.54) is 16.4 Å². The van der Waals surface area contributed by atoms with Crippen LogP contribution >= 0.6 is 34.7 Å². The number of nitrogens with two attached hydrogens (primary N) is 1. The third-order valence-electron chi connectivity index (χ3n) is 3.45. The largest absolute Gasteiger partial charge is 0.350 e. The zero-order chi connectivity index (χ0) is 17.8. The van der Waals surface area contributed by atoms with E-state index < -0.39 is 0 Å². The van der Waals surface area contributed by atoms with Crippen LogP contribution in [0.15, 0.2) is 46.9 Å². The van der Waals surface area contributed by atoms with Crippen LogP contribution < -0.4 is 11.2 Å². The topological polar surface area (TPSA) is 85.8 Å². The number of rotatable bonds is 6. The van der Waals surface area contributed by atoms with Crippen LogP contribution in [0.4, 0.5) is 0 Å². The van der Waals surface area contributed by atoms with E-state index in [0.717, 1.165) is 4.88 Å². The number of carbonyl (C=O) groups excluding carboxylic acids is 1. The number of hydrogen-bond acceptors (Lipinski definition) is 6. The standard InChI is InChI=1S/C16H16ClN5OS2/c1-10(15(23)19-9-11-5-4-8-24-11)25-16-21-20-14(22(16)18)12-6-2-3-7-13(12)17/h2-8,10H,9,18H2,1H3,(H,19,23)/t10-/m1/s1. The molecule has 0 aliphatic rings. The molecule has 0 bridgehead atoms. The number of halogens is 1. The lowest BCUT2D eigenvalue weighted by Gasteiger charge is -2.11. The minimum Gasteiger partial charge on any atom is -0.350 e. The summed E-state index contributed by atoms with van der Waals surface area (Å²) in [5.41, 5.74) is 0.695. The van der Waals surface area contributed by atoms with Gasteiger partial charge in [0.2, 0.25) is 11.1 Å². The van der Waals surface area contributed by atoms with Gasteiger partial charge in [-0.2, -0.15) is 0 Å². The van der Waals surface area contributed by atoms with Gasteiger partial charge in [-0.25, -0.2) is 4.68 Å². The van der Waals surface area contributed by atoms with Gasteiger partial charge in [0.25, 0.3) is 0 Å². The Labute approximate surface area is 158 Å². The van der Waals surface area contributed by atoms with Gasteiger partial charge in [-0.1, -0.05) is 41.6 Å². The molecule has 0 unspecified atom stereocenters. The summed E-state index contributed by atoms with van der Waals surface area (Å²) < 4.78 is 1.36. The number of amides is 1. The lowest BCUT2D eigenvalue weighted by Crippen LogP contribution is -2.30. The molecule has 0 aliphatic carbocycles. The average Bonchev–Trinajstić information content (AvgIpc) is 3.24. The Morgan fingerprint density at radius 1 is 1.36 bits per heavy atom. The van der Waals surface area contributed by atoms with Gasteiger partial charge in [0.05, 0.1) is 16.8 Å². The molecule has 1 amide bonds. The van der Waals surface area contributed by atoms with Crippen LogP contribution in [0.2, 0.25) is 5.02 Å². The number of nitrogens with zero attached hydrogens (tertiary/aromatic N) is 3. The maximum atomic E-state index is 12.2. The molecule has 0 fully saturated rings. The molecule has 2 aromatic heterocycles. The SMILES string of the molecule is C[C@@H](Sc1nnc(-c2ccccc2Cl)n1N)C(=O)NCc1cccs1. The highest BCUT2D eigenvalue weighted by atomic mass is 35.5. The summed E-state index contributed by atoms with van der Waals surface area (Å²) >= 11 is 9.03. The summed E-state index contributed by atoms with van der Waals surface area (Å²) in [5.74, 6) is 6.46. The highest BCUT2D eigenvalue weighted by molar-refractivity contribution is 8.00. The Hall–Kier alpha value is -2.03. The minimum atomic E-state index is -0.356.